The fourth-order valence-corrected chi connectivity index (χ4v) is 5.56. The molecule has 8 heteroatoms. The molecule has 7 nitrogen and oxygen atoms in total. The lowest BCUT2D eigenvalue weighted by Crippen LogP contribution is -2.50. The second-order valence-corrected chi connectivity index (χ2v) is 9.89. The first kappa shape index (κ1) is 22.7. The number of nitrogens with zero attached hydrogens (tertiary/aromatic N) is 6. The lowest BCUT2D eigenvalue weighted by Gasteiger charge is -2.39. The lowest BCUT2D eigenvalue weighted by molar-refractivity contribution is -0.131. The summed E-state index contributed by atoms with van der Waals surface area (Å²) in [5, 5.41) is 19.5. The smallest absolute Gasteiger partial charge is 0.234 e. The summed E-state index contributed by atoms with van der Waals surface area (Å²) in [6.07, 6.45) is 8.21. The minimum absolute atomic E-state index is 0.0311. The normalized spacial score (nSPS) is 18.2. The molecule has 1 saturated heterocycles. The van der Waals surface area contributed by atoms with Crippen LogP contribution < -0.4 is 4.90 Å². The van der Waals surface area contributed by atoms with Crippen LogP contribution in [0.2, 0.25) is 0 Å². The predicted octanol–water partition coefficient (Wildman–Crippen LogP) is 4.34. The zero-order chi connectivity index (χ0) is 22.6. The summed E-state index contributed by atoms with van der Waals surface area (Å²) in [4.78, 5) is 17.0. The van der Waals surface area contributed by atoms with Crippen molar-refractivity contribution in [3.8, 4) is 11.8 Å². The SMILES string of the molecule is Cc1ccc(-n2c(SCC(=O)N(C)C3(C#N)CCCCC3)nnc2N2CCCCC2)cc1. The molecule has 2 aromatic rings. The van der Waals surface area contributed by atoms with E-state index >= 15 is 0 Å². The van der Waals surface area contributed by atoms with Crippen LogP contribution in [0.5, 0.6) is 0 Å². The van der Waals surface area contributed by atoms with Crippen molar-refractivity contribution in [2.24, 2.45) is 0 Å². The Morgan fingerprint density at radius 3 is 2.41 bits per heavy atom. The average molecular weight is 453 g/mol. The molecule has 0 unspecified atom stereocenters. The van der Waals surface area contributed by atoms with Crippen molar-refractivity contribution in [3.63, 3.8) is 0 Å². The molecule has 1 aromatic heterocycles. The quantitative estimate of drug-likeness (QED) is 0.607. The van der Waals surface area contributed by atoms with E-state index in [1.807, 2.05) is 0 Å². The van der Waals surface area contributed by atoms with Gasteiger partial charge in [0, 0.05) is 20.1 Å². The first-order valence-corrected chi connectivity index (χ1v) is 12.6. The topological polar surface area (TPSA) is 78.0 Å². The Hall–Kier alpha value is -2.53. The highest BCUT2D eigenvalue weighted by molar-refractivity contribution is 7.99. The van der Waals surface area contributed by atoms with Crippen molar-refractivity contribution in [2.75, 3.05) is 30.8 Å². The van der Waals surface area contributed by atoms with Gasteiger partial charge in [0.15, 0.2) is 5.16 Å². The molecule has 0 N–H and O–H groups in total. The molecule has 2 aliphatic rings. The van der Waals surface area contributed by atoms with Crippen LogP contribution in [0.15, 0.2) is 29.4 Å². The van der Waals surface area contributed by atoms with E-state index in [-0.39, 0.29) is 11.7 Å². The molecular formula is C24H32N6OS. The number of hydrogen-bond acceptors (Lipinski definition) is 6. The number of thioether (sulfide) groups is 1. The van der Waals surface area contributed by atoms with Crippen molar-refractivity contribution in [1.29, 1.82) is 5.26 Å². The molecule has 170 valence electrons. The summed E-state index contributed by atoms with van der Waals surface area (Å²) < 4.78 is 2.07. The third-order valence-corrected chi connectivity index (χ3v) is 7.69. The third-order valence-electron chi connectivity index (χ3n) is 6.78. The Morgan fingerprint density at radius 2 is 1.75 bits per heavy atom. The van der Waals surface area contributed by atoms with Gasteiger partial charge in [-0.1, -0.05) is 48.7 Å². The van der Waals surface area contributed by atoms with Gasteiger partial charge in [-0.2, -0.15) is 5.26 Å². The number of aryl methyl sites for hydroxylation is 1. The first-order valence-electron chi connectivity index (χ1n) is 11.6. The van der Waals surface area contributed by atoms with Crippen LogP contribution in [0, 0.1) is 18.3 Å². The molecule has 0 spiro atoms. The van der Waals surface area contributed by atoms with Gasteiger partial charge in [0.25, 0.3) is 0 Å². The maximum absolute atomic E-state index is 13.1. The largest absolute Gasteiger partial charge is 0.341 e. The summed E-state index contributed by atoms with van der Waals surface area (Å²) in [6, 6.07) is 10.8. The van der Waals surface area contributed by atoms with E-state index in [2.05, 4.69) is 56.9 Å². The lowest BCUT2D eigenvalue weighted by atomic mass is 9.81. The maximum Gasteiger partial charge on any atom is 0.234 e. The average Bonchev–Trinajstić information content (AvgIpc) is 3.27. The van der Waals surface area contributed by atoms with E-state index in [0.717, 1.165) is 69.7 Å². The van der Waals surface area contributed by atoms with Crippen molar-refractivity contribution in [1.82, 2.24) is 19.7 Å². The Labute approximate surface area is 194 Å². The molecule has 0 bridgehead atoms. The number of anilines is 1. The van der Waals surface area contributed by atoms with Gasteiger partial charge in [-0.25, -0.2) is 0 Å². The molecular weight excluding hydrogens is 420 g/mol. The fraction of sp³-hybridized carbons (Fsp3) is 0.583. The van der Waals surface area contributed by atoms with Gasteiger partial charge in [0.1, 0.15) is 5.54 Å². The number of aromatic nitrogens is 3. The van der Waals surface area contributed by atoms with Crippen LogP contribution in [-0.2, 0) is 4.79 Å². The molecule has 1 aliphatic heterocycles. The molecule has 0 atom stereocenters. The molecule has 1 amide bonds. The zero-order valence-corrected chi connectivity index (χ0v) is 19.9. The molecule has 2 heterocycles. The van der Waals surface area contributed by atoms with E-state index in [1.165, 1.54) is 23.7 Å². The van der Waals surface area contributed by atoms with E-state index in [0.29, 0.717) is 5.16 Å². The molecule has 32 heavy (non-hydrogen) atoms. The van der Waals surface area contributed by atoms with Gasteiger partial charge in [0.2, 0.25) is 11.9 Å². The monoisotopic (exact) mass is 452 g/mol. The first-order chi connectivity index (χ1) is 15.5. The second kappa shape index (κ2) is 9.95. The number of nitriles is 1. The number of carbonyl (C=O) groups excluding carboxylic acids is 1. The Bertz CT molecular complexity index is 967. The van der Waals surface area contributed by atoms with Gasteiger partial charge < -0.3 is 9.80 Å². The number of amides is 1. The van der Waals surface area contributed by atoms with Gasteiger partial charge in [-0.05, 0) is 51.2 Å². The minimum Gasteiger partial charge on any atom is -0.341 e. The highest BCUT2D eigenvalue weighted by Gasteiger charge is 2.38. The maximum atomic E-state index is 13.1. The number of benzene rings is 1. The van der Waals surface area contributed by atoms with Crippen molar-refractivity contribution >= 4 is 23.6 Å². The van der Waals surface area contributed by atoms with Gasteiger partial charge >= 0.3 is 0 Å². The highest BCUT2D eigenvalue weighted by Crippen LogP contribution is 2.34. The molecule has 1 aromatic carbocycles. The van der Waals surface area contributed by atoms with Crippen LogP contribution in [0.1, 0.15) is 56.9 Å². The molecule has 1 saturated carbocycles. The number of carbonyl (C=O) groups is 1. The second-order valence-electron chi connectivity index (χ2n) is 8.95. The van der Waals surface area contributed by atoms with Crippen molar-refractivity contribution in [2.45, 2.75) is 69.0 Å². The van der Waals surface area contributed by atoms with Crippen molar-refractivity contribution in [3.05, 3.63) is 29.8 Å². The fourth-order valence-electron chi connectivity index (χ4n) is 4.69. The standard InChI is InChI=1S/C24H32N6OS/c1-19-9-11-20(12-10-19)30-22(29-15-7-4-8-16-29)26-27-23(30)32-17-21(31)28(2)24(18-25)13-5-3-6-14-24/h9-12H,3-8,13-17H2,1-2H3. The van der Waals surface area contributed by atoms with E-state index in [4.69, 9.17) is 0 Å². The summed E-state index contributed by atoms with van der Waals surface area (Å²) in [5.74, 6) is 1.05. The molecule has 1 aliphatic carbocycles. The van der Waals surface area contributed by atoms with Gasteiger partial charge in [0.05, 0.1) is 17.5 Å². The minimum atomic E-state index is -0.667. The van der Waals surface area contributed by atoms with Crippen molar-refractivity contribution < 1.29 is 4.79 Å². The Balaban J connectivity index is 1.55. The predicted molar refractivity (Wildman–Crippen MR) is 127 cm³/mol. The number of hydrogen-bond donors (Lipinski definition) is 0. The number of rotatable bonds is 6. The van der Waals surface area contributed by atoms with E-state index in [1.54, 1.807) is 11.9 Å². The van der Waals surface area contributed by atoms with Gasteiger partial charge in [-0.15, -0.1) is 10.2 Å². The number of piperidine rings is 1. The molecule has 0 radical (unpaired) electrons. The van der Waals surface area contributed by atoms with Crippen LogP contribution in [0.4, 0.5) is 5.95 Å². The van der Waals surface area contributed by atoms with Crippen LogP contribution >= 0.6 is 11.8 Å². The van der Waals surface area contributed by atoms with Gasteiger partial charge in [-0.3, -0.25) is 9.36 Å². The molecule has 4 rings (SSSR count). The highest BCUT2D eigenvalue weighted by atomic mass is 32.2. The summed E-state index contributed by atoms with van der Waals surface area (Å²) in [6.45, 7) is 4.02. The Kier molecular flexibility index (Phi) is 7.04. The van der Waals surface area contributed by atoms with E-state index < -0.39 is 5.54 Å². The third kappa shape index (κ3) is 4.63. The van der Waals surface area contributed by atoms with E-state index in [9.17, 15) is 10.1 Å². The zero-order valence-electron chi connectivity index (χ0n) is 19.1. The summed E-state index contributed by atoms with van der Waals surface area (Å²) >= 11 is 1.40. The van der Waals surface area contributed by atoms with Crippen LogP contribution in [0.25, 0.3) is 5.69 Å². The van der Waals surface area contributed by atoms with Crippen LogP contribution in [0.3, 0.4) is 0 Å². The van der Waals surface area contributed by atoms with Crippen LogP contribution in [-0.4, -0.2) is 57.0 Å². The Morgan fingerprint density at radius 1 is 1.09 bits per heavy atom. The molecule has 2 fully saturated rings. The summed E-state index contributed by atoms with van der Waals surface area (Å²) in [5.41, 5.74) is 1.53. The summed E-state index contributed by atoms with van der Waals surface area (Å²) in [7, 11) is 1.78.